The summed E-state index contributed by atoms with van der Waals surface area (Å²) >= 11 is 1.47. The van der Waals surface area contributed by atoms with Gasteiger partial charge < -0.3 is 4.74 Å². The van der Waals surface area contributed by atoms with Gasteiger partial charge in [-0.1, -0.05) is 36.4 Å². The number of rotatable bonds is 5. The SMILES string of the molecule is Cc1cc(C)c(C)c(OCC(=O)Nc2nc(-c3ccccc3)c(C)s2)c1. The van der Waals surface area contributed by atoms with Crippen molar-refractivity contribution in [2.75, 3.05) is 11.9 Å². The maximum absolute atomic E-state index is 12.3. The highest BCUT2D eigenvalue weighted by Gasteiger charge is 2.13. The molecule has 0 aliphatic carbocycles. The molecule has 4 nitrogen and oxygen atoms in total. The molecule has 1 heterocycles. The van der Waals surface area contributed by atoms with Crippen molar-refractivity contribution in [1.29, 1.82) is 0 Å². The topological polar surface area (TPSA) is 51.2 Å². The van der Waals surface area contributed by atoms with E-state index in [1.807, 2.05) is 64.1 Å². The van der Waals surface area contributed by atoms with Crippen LogP contribution in [0.5, 0.6) is 5.75 Å². The third-order valence-electron chi connectivity index (χ3n) is 4.21. The molecule has 0 bridgehead atoms. The lowest BCUT2D eigenvalue weighted by molar-refractivity contribution is -0.118. The number of aromatic nitrogens is 1. The van der Waals surface area contributed by atoms with Crippen molar-refractivity contribution in [3.8, 4) is 17.0 Å². The van der Waals surface area contributed by atoms with Crippen molar-refractivity contribution in [3.63, 3.8) is 0 Å². The van der Waals surface area contributed by atoms with E-state index in [1.54, 1.807) is 0 Å². The summed E-state index contributed by atoms with van der Waals surface area (Å²) in [6.45, 7) is 8.02. The van der Waals surface area contributed by atoms with Crippen molar-refractivity contribution < 1.29 is 9.53 Å². The van der Waals surface area contributed by atoms with E-state index in [4.69, 9.17) is 4.74 Å². The number of thiazole rings is 1. The van der Waals surface area contributed by atoms with Gasteiger partial charge in [0.25, 0.3) is 5.91 Å². The van der Waals surface area contributed by atoms with Crippen LogP contribution in [-0.4, -0.2) is 17.5 Å². The molecule has 0 aliphatic rings. The Kier molecular flexibility index (Phi) is 5.38. The maximum atomic E-state index is 12.3. The molecule has 0 radical (unpaired) electrons. The number of anilines is 1. The Balaban J connectivity index is 1.66. The molecular formula is C21H22N2O2S. The van der Waals surface area contributed by atoms with Crippen LogP contribution in [0.2, 0.25) is 0 Å². The Morgan fingerprint density at radius 1 is 1.12 bits per heavy atom. The van der Waals surface area contributed by atoms with Gasteiger partial charge in [0.05, 0.1) is 5.69 Å². The summed E-state index contributed by atoms with van der Waals surface area (Å²) in [5.74, 6) is 0.537. The average molecular weight is 366 g/mol. The van der Waals surface area contributed by atoms with Gasteiger partial charge in [0.1, 0.15) is 5.75 Å². The molecule has 0 spiro atoms. The zero-order valence-corrected chi connectivity index (χ0v) is 16.2. The average Bonchev–Trinajstić information content (AvgIpc) is 2.97. The highest BCUT2D eigenvalue weighted by Crippen LogP contribution is 2.30. The molecule has 3 rings (SSSR count). The second kappa shape index (κ2) is 7.70. The zero-order valence-electron chi connectivity index (χ0n) is 15.4. The summed E-state index contributed by atoms with van der Waals surface area (Å²) < 4.78 is 5.72. The summed E-state index contributed by atoms with van der Waals surface area (Å²) in [5.41, 5.74) is 5.27. The van der Waals surface area contributed by atoms with Gasteiger partial charge in [0, 0.05) is 10.4 Å². The third-order valence-corrected chi connectivity index (χ3v) is 5.10. The first-order valence-corrected chi connectivity index (χ1v) is 9.29. The minimum atomic E-state index is -0.211. The van der Waals surface area contributed by atoms with Gasteiger partial charge in [-0.3, -0.25) is 10.1 Å². The molecule has 0 fully saturated rings. The first-order chi connectivity index (χ1) is 12.4. The van der Waals surface area contributed by atoms with Crippen LogP contribution in [0.1, 0.15) is 21.6 Å². The lowest BCUT2D eigenvalue weighted by Gasteiger charge is -2.11. The monoisotopic (exact) mass is 366 g/mol. The van der Waals surface area contributed by atoms with Crippen LogP contribution in [0.3, 0.4) is 0 Å². The summed E-state index contributed by atoms with van der Waals surface area (Å²) in [6, 6.07) is 14.0. The van der Waals surface area contributed by atoms with Crippen LogP contribution in [0.15, 0.2) is 42.5 Å². The zero-order chi connectivity index (χ0) is 18.7. The van der Waals surface area contributed by atoms with Gasteiger partial charge in [0.2, 0.25) is 0 Å². The van der Waals surface area contributed by atoms with Crippen molar-refractivity contribution >= 4 is 22.4 Å². The number of aryl methyl sites for hydroxylation is 3. The number of ether oxygens (including phenoxy) is 1. The summed E-state index contributed by atoms with van der Waals surface area (Å²) in [4.78, 5) is 17.9. The van der Waals surface area contributed by atoms with Gasteiger partial charge in [-0.2, -0.15) is 0 Å². The molecule has 0 aliphatic heterocycles. The molecule has 0 saturated heterocycles. The van der Waals surface area contributed by atoms with E-state index >= 15 is 0 Å². The Hall–Kier alpha value is -2.66. The minimum Gasteiger partial charge on any atom is -0.483 e. The maximum Gasteiger partial charge on any atom is 0.264 e. The standard InChI is InChI=1S/C21H22N2O2S/c1-13-10-14(2)15(3)18(11-13)25-12-19(24)22-21-23-20(16(4)26-21)17-8-6-5-7-9-17/h5-11H,12H2,1-4H3,(H,22,23,24). The van der Waals surface area contributed by atoms with Crippen molar-refractivity contribution in [3.05, 3.63) is 64.0 Å². The molecule has 26 heavy (non-hydrogen) atoms. The Morgan fingerprint density at radius 3 is 2.58 bits per heavy atom. The smallest absolute Gasteiger partial charge is 0.264 e. The Bertz CT molecular complexity index is 933. The first kappa shape index (κ1) is 18.1. The van der Waals surface area contributed by atoms with Gasteiger partial charge >= 0.3 is 0 Å². The van der Waals surface area contributed by atoms with Crippen molar-refractivity contribution in [2.24, 2.45) is 0 Å². The van der Waals surface area contributed by atoms with Gasteiger partial charge in [-0.25, -0.2) is 4.98 Å². The number of carbonyl (C=O) groups is 1. The second-order valence-corrected chi connectivity index (χ2v) is 7.53. The lowest BCUT2D eigenvalue weighted by atomic mass is 10.1. The molecule has 1 N–H and O–H groups in total. The van der Waals surface area contributed by atoms with E-state index < -0.39 is 0 Å². The van der Waals surface area contributed by atoms with E-state index in [9.17, 15) is 4.79 Å². The predicted molar refractivity (Wildman–Crippen MR) is 107 cm³/mol. The van der Waals surface area contributed by atoms with E-state index in [0.717, 1.165) is 38.6 Å². The molecule has 1 amide bonds. The molecule has 2 aromatic carbocycles. The number of amides is 1. The molecule has 1 aromatic heterocycles. The van der Waals surface area contributed by atoms with Crippen LogP contribution in [0.25, 0.3) is 11.3 Å². The molecule has 3 aromatic rings. The second-order valence-electron chi connectivity index (χ2n) is 6.33. The van der Waals surface area contributed by atoms with Crippen LogP contribution in [0.4, 0.5) is 5.13 Å². The number of carbonyl (C=O) groups excluding carboxylic acids is 1. The van der Waals surface area contributed by atoms with Crippen LogP contribution < -0.4 is 10.1 Å². The fourth-order valence-electron chi connectivity index (χ4n) is 2.76. The molecule has 0 atom stereocenters. The van der Waals surface area contributed by atoms with Gasteiger partial charge in [0.15, 0.2) is 11.7 Å². The fraction of sp³-hybridized carbons (Fsp3) is 0.238. The number of benzene rings is 2. The quantitative estimate of drug-likeness (QED) is 0.686. The molecule has 0 saturated carbocycles. The largest absolute Gasteiger partial charge is 0.483 e. The highest BCUT2D eigenvalue weighted by molar-refractivity contribution is 7.16. The summed E-state index contributed by atoms with van der Waals surface area (Å²) in [6.07, 6.45) is 0. The van der Waals surface area contributed by atoms with Crippen molar-refractivity contribution in [1.82, 2.24) is 4.98 Å². The van der Waals surface area contributed by atoms with Crippen LogP contribution in [0, 0.1) is 27.7 Å². The third kappa shape index (κ3) is 4.11. The summed E-state index contributed by atoms with van der Waals surface area (Å²) in [5, 5.41) is 3.43. The minimum absolute atomic E-state index is 0.0387. The van der Waals surface area contributed by atoms with E-state index in [-0.39, 0.29) is 12.5 Å². The lowest BCUT2D eigenvalue weighted by Crippen LogP contribution is -2.20. The van der Waals surface area contributed by atoms with Crippen LogP contribution in [-0.2, 0) is 4.79 Å². The number of nitrogens with zero attached hydrogens (tertiary/aromatic N) is 1. The number of hydrogen-bond donors (Lipinski definition) is 1. The normalized spacial score (nSPS) is 10.6. The highest BCUT2D eigenvalue weighted by atomic mass is 32.1. The predicted octanol–water partition coefficient (Wildman–Crippen LogP) is 5.06. The summed E-state index contributed by atoms with van der Waals surface area (Å²) in [7, 11) is 0. The van der Waals surface area contributed by atoms with E-state index in [2.05, 4.69) is 16.4 Å². The van der Waals surface area contributed by atoms with Crippen LogP contribution >= 0.6 is 11.3 Å². The Labute approximate surface area is 157 Å². The number of nitrogens with one attached hydrogen (secondary N) is 1. The van der Waals surface area contributed by atoms with Gasteiger partial charge in [-0.05, 0) is 50.5 Å². The van der Waals surface area contributed by atoms with E-state index in [1.165, 1.54) is 11.3 Å². The van der Waals surface area contributed by atoms with E-state index in [0.29, 0.717) is 5.13 Å². The number of hydrogen-bond acceptors (Lipinski definition) is 4. The molecule has 5 heteroatoms. The Morgan fingerprint density at radius 2 is 1.85 bits per heavy atom. The van der Waals surface area contributed by atoms with Gasteiger partial charge in [-0.15, -0.1) is 11.3 Å². The van der Waals surface area contributed by atoms with Crippen molar-refractivity contribution in [2.45, 2.75) is 27.7 Å². The molecule has 0 unspecified atom stereocenters. The first-order valence-electron chi connectivity index (χ1n) is 8.47. The molecule has 134 valence electrons. The fourth-order valence-corrected chi connectivity index (χ4v) is 3.62. The molecular weight excluding hydrogens is 344 g/mol.